The Morgan fingerprint density at radius 3 is 2.46 bits per heavy atom. The zero-order valence-electron chi connectivity index (χ0n) is 16.4. The maximum Gasteiger partial charge on any atom is 0.338 e. The Kier molecular flexibility index (Phi) is 6.22. The van der Waals surface area contributed by atoms with Gasteiger partial charge in [0.2, 0.25) is 11.7 Å². The molecule has 28 heavy (non-hydrogen) atoms. The zero-order chi connectivity index (χ0) is 20.3. The fourth-order valence-electron chi connectivity index (χ4n) is 3.44. The van der Waals surface area contributed by atoms with E-state index in [-0.39, 0.29) is 36.3 Å². The van der Waals surface area contributed by atoms with Crippen LogP contribution in [0.3, 0.4) is 0 Å². The Hall–Kier alpha value is -2.56. The van der Waals surface area contributed by atoms with Crippen LogP contribution in [0.2, 0.25) is 0 Å². The van der Waals surface area contributed by atoms with Crippen LogP contribution in [-0.4, -0.2) is 63.8 Å². The molecule has 0 spiro atoms. The molecule has 2 heterocycles. The van der Waals surface area contributed by atoms with Gasteiger partial charge in [-0.1, -0.05) is 0 Å². The summed E-state index contributed by atoms with van der Waals surface area (Å²) in [6.45, 7) is 2.59. The summed E-state index contributed by atoms with van der Waals surface area (Å²) >= 11 is 0. The van der Waals surface area contributed by atoms with E-state index in [1.807, 2.05) is 6.92 Å². The molecule has 0 radical (unpaired) electrons. The van der Waals surface area contributed by atoms with Crippen molar-refractivity contribution in [2.45, 2.75) is 25.7 Å². The van der Waals surface area contributed by atoms with E-state index >= 15 is 0 Å². The van der Waals surface area contributed by atoms with Gasteiger partial charge in [0.25, 0.3) is 0 Å². The monoisotopic (exact) mass is 394 g/mol. The van der Waals surface area contributed by atoms with Crippen LogP contribution in [-0.2, 0) is 9.53 Å². The third kappa shape index (κ3) is 3.84. The molecule has 3 atom stereocenters. The zero-order valence-corrected chi connectivity index (χ0v) is 16.4. The Morgan fingerprint density at radius 2 is 1.86 bits per heavy atom. The van der Waals surface area contributed by atoms with Gasteiger partial charge in [0, 0.05) is 6.04 Å². The van der Waals surface area contributed by atoms with E-state index in [1.54, 1.807) is 5.01 Å². The molecule has 0 saturated carbocycles. The van der Waals surface area contributed by atoms with Crippen LogP contribution >= 0.6 is 0 Å². The second kappa shape index (κ2) is 8.63. The fourth-order valence-corrected chi connectivity index (χ4v) is 3.44. The van der Waals surface area contributed by atoms with Crippen LogP contribution in [0.15, 0.2) is 12.1 Å². The number of ether oxygens (including phenoxy) is 4. The Morgan fingerprint density at radius 1 is 1.18 bits per heavy atom. The van der Waals surface area contributed by atoms with E-state index in [1.165, 1.54) is 33.5 Å². The molecule has 0 aromatic heterocycles. The lowest BCUT2D eigenvalue weighted by molar-refractivity contribution is -0.147. The highest BCUT2D eigenvalue weighted by Crippen LogP contribution is 2.38. The van der Waals surface area contributed by atoms with Crippen molar-refractivity contribution in [3.05, 3.63) is 17.7 Å². The third-order valence-electron chi connectivity index (χ3n) is 4.94. The quantitative estimate of drug-likeness (QED) is 0.552. The SMILES string of the molecule is COc1cc(C(=O)OCCC2C(=O)N3NCNC3NC2C)cc(OC)c1OC. The van der Waals surface area contributed by atoms with Crippen molar-refractivity contribution in [3.63, 3.8) is 0 Å². The average molecular weight is 394 g/mol. The first-order valence-electron chi connectivity index (χ1n) is 9.03. The molecular weight excluding hydrogens is 368 g/mol. The lowest BCUT2D eigenvalue weighted by Crippen LogP contribution is -2.64. The lowest BCUT2D eigenvalue weighted by Gasteiger charge is -2.38. The number of carbonyl (C=O) groups is 2. The molecule has 3 unspecified atom stereocenters. The normalized spacial score (nSPS) is 23.9. The fraction of sp³-hybridized carbons (Fsp3) is 0.556. The van der Waals surface area contributed by atoms with E-state index < -0.39 is 5.97 Å². The van der Waals surface area contributed by atoms with Gasteiger partial charge in [0.05, 0.1) is 46.1 Å². The summed E-state index contributed by atoms with van der Waals surface area (Å²) in [4.78, 5) is 25.1. The number of esters is 1. The van der Waals surface area contributed by atoms with E-state index in [9.17, 15) is 9.59 Å². The third-order valence-corrected chi connectivity index (χ3v) is 4.94. The van der Waals surface area contributed by atoms with Crippen molar-refractivity contribution in [3.8, 4) is 17.2 Å². The van der Waals surface area contributed by atoms with Gasteiger partial charge in [0.15, 0.2) is 17.8 Å². The molecule has 2 aliphatic rings. The topological polar surface area (TPSA) is 110 Å². The van der Waals surface area contributed by atoms with E-state index in [0.717, 1.165) is 0 Å². The van der Waals surface area contributed by atoms with Crippen molar-refractivity contribution < 1.29 is 28.5 Å². The molecule has 1 amide bonds. The van der Waals surface area contributed by atoms with Crippen molar-refractivity contribution >= 4 is 11.9 Å². The summed E-state index contributed by atoms with van der Waals surface area (Å²) < 4.78 is 21.1. The second-order valence-electron chi connectivity index (χ2n) is 6.55. The van der Waals surface area contributed by atoms with Crippen LogP contribution in [0.5, 0.6) is 17.2 Å². The maximum atomic E-state index is 12.6. The minimum atomic E-state index is -0.526. The van der Waals surface area contributed by atoms with Crippen LogP contribution in [0.1, 0.15) is 23.7 Å². The number of amides is 1. The van der Waals surface area contributed by atoms with Gasteiger partial charge in [-0.2, -0.15) is 0 Å². The standard InChI is InChI=1S/C18H26N4O6/c1-10-12(16(23)22-18(21-10)19-9-20-22)5-6-28-17(24)11-7-13(25-2)15(27-4)14(8-11)26-3/h7-8,10,12,18-21H,5-6,9H2,1-4H3. The first-order chi connectivity index (χ1) is 13.5. The molecule has 3 N–H and O–H groups in total. The van der Waals surface area contributed by atoms with Crippen molar-refractivity contribution in [2.24, 2.45) is 5.92 Å². The smallest absolute Gasteiger partial charge is 0.338 e. The average Bonchev–Trinajstić information content (AvgIpc) is 3.17. The van der Waals surface area contributed by atoms with Gasteiger partial charge in [0.1, 0.15) is 0 Å². The van der Waals surface area contributed by atoms with Crippen LogP contribution < -0.4 is 30.3 Å². The van der Waals surface area contributed by atoms with E-state index in [0.29, 0.717) is 30.3 Å². The summed E-state index contributed by atoms with van der Waals surface area (Å²) in [5.74, 6) is 0.291. The van der Waals surface area contributed by atoms with Gasteiger partial charge >= 0.3 is 5.97 Å². The predicted molar refractivity (Wildman–Crippen MR) is 98.9 cm³/mol. The summed E-state index contributed by atoms with van der Waals surface area (Å²) in [5, 5.41) is 7.99. The number of rotatable bonds is 7. The highest BCUT2D eigenvalue weighted by atomic mass is 16.5. The highest BCUT2D eigenvalue weighted by Gasteiger charge is 2.41. The molecule has 3 rings (SSSR count). The number of methoxy groups -OCH3 is 3. The van der Waals surface area contributed by atoms with Gasteiger partial charge in [-0.15, -0.1) is 0 Å². The summed E-state index contributed by atoms with van der Waals surface area (Å²) in [7, 11) is 4.44. The number of fused-ring (bicyclic) bond motifs is 1. The Bertz CT molecular complexity index is 718. The molecule has 10 heteroatoms. The molecule has 1 aromatic rings. The number of nitrogens with one attached hydrogen (secondary N) is 3. The number of hydrogen-bond donors (Lipinski definition) is 3. The number of hydrazine groups is 1. The van der Waals surface area contributed by atoms with Crippen LogP contribution in [0, 0.1) is 5.92 Å². The van der Waals surface area contributed by atoms with Gasteiger partial charge in [-0.3, -0.25) is 15.4 Å². The molecule has 154 valence electrons. The van der Waals surface area contributed by atoms with Crippen LogP contribution in [0.25, 0.3) is 0 Å². The minimum absolute atomic E-state index is 0.0231. The molecule has 0 bridgehead atoms. The molecular formula is C18H26N4O6. The minimum Gasteiger partial charge on any atom is -0.493 e. The highest BCUT2D eigenvalue weighted by molar-refractivity contribution is 5.91. The van der Waals surface area contributed by atoms with Gasteiger partial charge < -0.3 is 18.9 Å². The molecule has 10 nitrogen and oxygen atoms in total. The van der Waals surface area contributed by atoms with E-state index in [2.05, 4.69) is 16.1 Å². The Labute approximate surface area is 163 Å². The van der Waals surface area contributed by atoms with Crippen molar-refractivity contribution in [1.29, 1.82) is 0 Å². The van der Waals surface area contributed by atoms with Gasteiger partial charge in [-0.05, 0) is 25.5 Å². The van der Waals surface area contributed by atoms with E-state index in [4.69, 9.17) is 18.9 Å². The van der Waals surface area contributed by atoms with Gasteiger partial charge in [-0.25, -0.2) is 15.2 Å². The maximum absolute atomic E-state index is 12.6. The number of nitrogens with zero attached hydrogens (tertiary/aromatic N) is 1. The largest absolute Gasteiger partial charge is 0.493 e. The molecule has 2 fully saturated rings. The number of hydrogen-bond acceptors (Lipinski definition) is 9. The van der Waals surface area contributed by atoms with Crippen molar-refractivity contribution in [1.82, 2.24) is 21.1 Å². The Balaban J connectivity index is 1.62. The summed E-state index contributed by atoms with van der Waals surface area (Å²) in [6.07, 6.45) is 0.203. The molecule has 1 aromatic carbocycles. The summed E-state index contributed by atoms with van der Waals surface area (Å²) in [5.41, 5.74) is 3.26. The lowest BCUT2D eigenvalue weighted by atomic mass is 9.94. The van der Waals surface area contributed by atoms with Crippen molar-refractivity contribution in [2.75, 3.05) is 34.6 Å². The molecule has 2 aliphatic heterocycles. The first kappa shape index (κ1) is 20.2. The predicted octanol–water partition coefficient (Wildman–Crippen LogP) is 0.0447. The molecule has 0 aliphatic carbocycles. The second-order valence-corrected chi connectivity index (χ2v) is 6.55. The number of carbonyl (C=O) groups excluding carboxylic acids is 2. The van der Waals surface area contributed by atoms with Crippen LogP contribution in [0.4, 0.5) is 0 Å². The number of benzene rings is 1. The summed E-state index contributed by atoms with van der Waals surface area (Å²) in [6, 6.07) is 3.02. The first-order valence-corrected chi connectivity index (χ1v) is 9.03. The molecule has 2 saturated heterocycles.